The lowest BCUT2D eigenvalue weighted by molar-refractivity contribution is 0.995. The quantitative estimate of drug-likeness (QED) is 0.507. The van der Waals surface area contributed by atoms with E-state index in [-0.39, 0.29) is 0 Å². The van der Waals surface area contributed by atoms with Gasteiger partial charge in [-0.1, -0.05) is 0 Å². The van der Waals surface area contributed by atoms with Crippen molar-refractivity contribution in [1.29, 1.82) is 0 Å². The Labute approximate surface area is 76.4 Å². The van der Waals surface area contributed by atoms with Crippen molar-refractivity contribution in [1.82, 2.24) is 29.8 Å². The number of aromatic amines is 1. The van der Waals surface area contributed by atoms with Gasteiger partial charge in [0.2, 0.25) is 0 Å². The van der Waals surface area contributed by atoms with E-state index in [1.807, 2.05) is 0 Å². The van der Waals surface area contributed by atoms with Crippen molar-refractivity contribution in [2.75, 3.05) is 0 Å². The van der Waals surface area contributed by atoms with E-state index in [1.54, 1.807) is 12.3 Å². The molecule has 14 heavy (non-hydrogen) atoms. The van der Waals surface area contributed by atoms with Crippen molar-refractivity contribution in [3.05, 3.63) is 29.1 Å². The molecule has 0 radical (unpaired) electrons. The highest BCUT2D eigenvalue weighted by atomic mass is 16.1. The predicted molar refractivity (Wildman–Crippen MR) is 46.7 cm³/mol. The molecule has 7 heteroatoms. The van der Waals surface area contributed by atoms with Crippen LogP contribution >= 0.6 is 0 Å². The summed E-state index contributed by atoms with van der Waals surface area (Å²) in [5, 5.41) is 14.1. The van der Waals surface area contributed by atoms with Crippen LogP contribution in [-0.2, 0) is 0 Å². The van der Waals surface area contributed by atoms with Gasteiger partial charge >= 0.3 is 5.69 Å². The lowest BCUT2D eigenvalue weighted by atomic mass is 10.4. The molecular formula is C7H4N6O. The zero-order valence-electron chi connectivity index (χ0n) is 6.88. The van der Waals surface area contributed by atoms with E-state index in [9.17, 15) is 4.79 Å². The molecule has 0 saturated carbocycles. The first-order valence-electron chi connectivity index (χ1n) is 3.90. The van der Waals surface area contributed by atoms with Crippen LogP contribution in [-0.4, -0.2) is 29.8 Å². The first-order chi connectivity index (χ1) is 6.86. The van der Waals surface area contributed by atoms with E-state index in [4.69, 9.17) is 0 Å². The van der Waals surface area contributed by atoms with Crippen LogP contribution in [0.25, 0.3) is 16.7 Å². The largest absolute Gasteiger partial charge is 0.355 e. The molecule has 0 spiro atoms. The SMILES string of the molecule is O=c1nc2cc[nH]nc2c2nncn12. The van der Waals surface area contributed by atoms with Crippen LogP contribution < -0.4 is 5.69 Å². The second-order valence-corrected chi connectivity index (χ2v) is 2.73. The standard InChI is InChI=1S/C7H4N6O/c14-7-10-4-1-2-8-11-5(4)6-12-9-3-13(6)7/h1-3,8H. The van der Waals surface area contributed by atoms with E-state index in [0.29, 0.717) is 16.7 Å². The maximum Gasteiger partial charge on any atom is 0.355 e. The highest BCUT2D eigenvalue weighted by molar-refractivity contribution is 5.85. The topological polar surface area (TPSA) is 88.8 Å². The predicted octanol–water partition coefficient (Wildman–Crippen LogP) is -0.639. The number of aromatic nitrogens is 6. The van der Waals surface area contributed by atoms with Crippen molar-refractivity contribution in [3.63, 3.8) is 0 Å². The van der Waals surface area contributed by atoms with Gasteiger partial charge in [-0.2, -0.15) is 10.1 Å². The molecule has 3 heterocycles. The maximum atomic E-state index is 11.4. The zero-order valence-corrected chi connectivity index (χ0v) is 6.88. The molecule has 0 fully saturated rings. The molecule has 0 amide bonds. The van der Waals surface area contributed by atoms with Gasteiger partial charge in [0.25, 0.3) is 0 Å². The van der Waals surface area contributed by atoms with E-state index in [0.717, 1.165) is 0 Å². The summed E-state index contributed by atoms with van der Waals surface area (Å²) in [5.41, 5.74) is 1.06. The number of fused-ring (bicyclic) bond motifs is 3. The van der Waals surface area contributed by atoms with Crippen molar-refractivity contribution < 1.29 is 0 Å². The average Bonchev–Trinajstić information content (AvgIpc) is 2.67. The second-order valence-electron chi connectivity index (χ2n) is 2.73. The molecule has 7 nitrogen and oxygen atoms in total. The number of H-pyrrole nitrogens is 1. The van der Waals surface area contributed by atoms with Crippen molar-refractivity contribution in [2.24, 2.45) is 0 Å². The molecule has 3 aromatic rings. The van der Waals surface area contributed by atoms with Crippen LogP contribution in [0.15, 0.2) is 23.4 Å². The molecule has 0 bridgehead atoms. The highest BCUT2D eigenvalue weighted by Gasteiger charge is 2.07. The van der Waals surface area contributed by atoms with Gasteiger partial charge in [0, 0.05) is 6.20 Å². The van der Waals surface area contributed by atoms with Crippen molar-refractivity contribution >= 4 is 16.7 Å². The molecule has 3 rings (SSSR count). The van der Waals surface area contributed by atoms with Crippen LogP contribution in [0, 0.1) is 0 Å². The summed E-state index contributed by atoms with van der Waals surface area (Å²) in [7, 11) is 0. The Morgan fingerprint density at radius 3 is 3.29 bits per heavy atom. The van der Waals surface area contributed by atoms with E-state index < -0.39 is 5.69 Å². The molecule has 0 aliphatic carbocycles. The Kier molecular flexibility index (Phi) is 1.19. The Bertz CT molecular complexity index is 668. The summed E-state index contributed by atoms with van der Waals surface area (Å²) in [4.78, 5) is 15.2. The normalized spacial score (nSPS) is 11.1. The zero-order chi connectivity index (χ0) is 9.54. The minimum Gasteiger partial charge on any atom is -0.285 e. The maximum absolute atomic E-state index is 11.4. The molecule has 68 valence electrons. The first kappa shape index (κ1) is 7.13. The van der Waals surface area contributed by atoms with Gasteiger partial charge in [0.05, 0.1) is 0 Å². The summed E-state index contributed by atoms with van der Waals surface area (Å²) < 4.78 is 1.25. The molecule has 0 atom stereocenters. The molecule has 0 aromatic carbocycles. The lowest BCUT2D eigenvalue weighted by Crippen LogP contribution is -2.15. The molecule has 0 unspecified atom stereocenters. The summed E-state index contributed by atoms with van der Waals surface area (Å²) in [5.74, 6) is 0. The van der Waals surface area contributed by atoms with Gasteiger partial charge in [-0.05, 0) is 6.07 Å². The van der Waals surface area contributed by atoms with Gasteiger partial charge < -0.3 is 0 Å². The van der Waals surface area contributed by atoms with Gasteiger partial charge in [0.15, 0.2) is 11.2 Å². The minimum atomic E-state index is -0.398. The summed E-state index contributed by atoms with van der Waals surface area (Å²) in [6.07, 6.45) is 2.92. The lowest BCUT2D eigenvalue weighted by Gasteiger charge is -1.94. The smallest absolute Gasteiger partial charge is 0.285 e. The summed E-state index contributed by atoms with van der Waals surface area (Å²) in [6, 6.07) is 1.67. The third kappa shape index (κ3) is 0.777. The van der Waals surface area contributed by atoms with Crippen molar-refractivity contribution in [2.45, 2.75) is 0 Å². The van der Waals surface area contributed by atoms with Crippen LogP contribution in [0.3, 0.4) is 0 Å². The van der Waals surface area contributed by atoms with Gasteiger partial charge in [-0.15, -0.1) is 10.2 Å². The molecule has 0 aliphatic rings. The molecule has 1 N–H and O–H groups in total. The van der Waals surface area contributed by atoms with Crippen LogP contribution in [0.1, 0.15) is 0 Å². The monoisotopic (exact) mass is 188 g/mol. The Morgan fingerprint density at radius 1 is 1.43 bits per heavy atom. The Morgan fingerprint density at radius 2 is 2.36 bits per heavy atom. The fraction of sp³-hybridized carbons (Fsp3) is 0. The van der Waals surface area contributed by atoms with Gasteiger partial charge in [-0.25, -0.2) is 9.20 Å². The van der Waals surface area contributed by atoms with E-state index >= 15 is 0 Å². The molecule has 0 aliphatic heterocycles. The third-order valence-corrected chi connectivity index (χ3v) is 1.92. The number of nitrogens with zero attached hydrogens (tertiary/aromatic N) is 5. The van der Waals surface area contributed by atoms with Gasteiger partial charge in [-0.3, -0.25) is 5.10 Å². The van der Waals surface area contributed by atoms with Crippen molar-refractivity contribution in [3.8, 4) is 0 Å². The van der Waals surface area contributed by atoms with Crippen LogP contribution in [0.4, 0.5) is 0 Å². The number of hydrogen-bond acceptors (Lipinski definition) is 5. The fourth-order valence-electron chi connectivity index (χ4n) is 1.30. The minimum absolute atomic E-state index is 0.398. The third-order valence-electron chi connectivity index (χ3n) is 1.92. The number of rotatable bonds is 0. The van der Waals surface area contributed by atoms with Crippen LogP contribution in [0.2, 0.25) is 0 Å². The van der Waals surface area contributed by atoms with Gasteiger partial charge in [0.1, 0.15) is 11.8 Å². The Hall–Kier alpha value is -2.31. The summed E-state index contributed by atoms with van der Waals surface area (Å²) in [6.45, 7) is 0. The summed E-state index contributed by atoms with van der Waals surface area (Å²) >= 11 is 0. The second kappa shape index (κ2) is 2.34. The Balaban J connectivity index is 2.73. The molecule has 0 saturated heterocycles. The number of nitrogens with one attached hydrogen (secondary N) is 1. The first-order valence-corrected chi connectivity index (χ1v) is 3.90. The fourth-order valence-corrected chi connectivity index (χ4v) is 1.30. The van der Waals surface area contributed by atoms with Crippen LogP contribution in [0.5, 0.6) is 0 Å². The van der Waals surface area contributed by atoms with E-state index in [2.05, 4.69) is 25.4 Å². The number of hydrogen-bond donors (Lipinski definition) is 1. The average molecular weight is 188 g/mol. The molecule has 3 aromatic heterocycles. The highest BCUT2D eigenvalue weighted by Crippen LogP contribution is 2.08. The van der Waals surface area contributed by atoms with E-state index in [1.165, 1.54) is 10.7 Å². The molecular weight excluding hydrogens is 184 g/mol.